The first kappa shape index (κ1) is 66.7. The van der Waals surface area contributed by atoms with Crippen LogP contribution in [0.4, 0.5) is 0 Å². The van der Waals surface area contributed by atoms with Crippen molar-refractivity contribution in [3.8, 4) is 0 Å². The third-order valence-electron chi connectivity index (χ3n) is 11.7. The minimum atomic E-state index is -0.904. The van der Waals surface area contributed by atoms with Gasteiger partial charge in [-0.05, 0) is 56.3 Å². The Labute approximate surface area is 396 Å². The Morgan fingerprint density at radius 3 is 0.475 bits per heavy atom. The summed E-state index contributed by atoms with van der Waals surface area (Å²) in [6.07, 6.45) is 51.0. The van der Waals surface area contributed by atoms with Crippen molar-refractivity contribution in [1.82, 2.24) is 0 Å². The zero-order valence-corrected chi connectivity index (χ0v) is 43.4. The van der Waals surface area contributed by atoms with Crippen molar-refractivity contribution in [2.75, 3.05) is 0 Å². The van der Waals surface area contributed by atoms with E-state index in [0.717, 1.165) is 56.3 Å². The van der Waals surface area contributed by atoms with E-state index < -0.39 is 17.9 Å². The predicted octanol–water partition coefficient (Wildman–Crippen LogP) is 14.6. The zero-order valence-electron chi connectivity index (χ0n) is 41.9. The molecule has 0 aliphatic heterocycles. The number of aliphatic carboxylic acids is 3. The van der Waals surface area contributed by atoms with Crippen LogP contribution in [-0.2, 0) is 36.1 Å². The molecule has 0 aromatic carbocycles. The topological polar surface area (TPSA) is 120 Å². The average Bonchev–Trinajstić information content (AvgIpc) is 3.18. The second-order valence-electron chi connectivity index (χ2n) is 19.6. The molecular formula is C54H105O6Ti. The number of carbonyl (C=O) groups excluding carboxylic acids is 3. The molecule has 0 amide bonds. The van der Waals surface area contributed by atoms with Crippen LogP contribution in [0.15, 0.2) is 0 Å². The van der Waals surface area contributed by atoms with Crippen molar-refractivity contribution < 1.29 is 51.4 Å². The van der Waals surface area contributed by atoms with Gasteiger partial charge >= 0.3 is 21.7 Å². The third-order valence-corrected chi connectivity index (χ3v) is 11.7. The minimum Gasteiger partial charge on any atom is -0.550 e. The fourth-order valence-corrected chi connectivity index (χ4v) is 7.77. The van der Waals surface area contributed by atoms with Gasteiger partial charge < -0.3 is 29.7 Å². The van der Waals surface area contributed by atoms with Gasteiger partial charge in [-0.1, -0.05) is 273 Å². The fraction of sp³-hybridized carbons (Fsp3) is 0.944. The van der Waals surface area contributed by atoms with E-state index in [4.69, 9.17) is 0 Å². The van der Waals surface area contributed by atoms with E-state index in [0.29, 0.717) is 0 Å². The van der Waals surface area contributed by atoms with Gasteiger partial charge in [-0.25, -0.2) is 0 Å². The molecule has 0 rings (SSSR count). The molecule has 0 bridgehead atoms. The first-order valence-corrected chi connectivity index (χ1v) is 26.5. The standard InChI is InChI=1S/3C18H36O2.Ti/c3*1-17(2)15-13-11-9-7-5-3-4-6-8-10-12-14-16-18(19)20;/h3*17H,3-16H2,1-2H3,(H,19,20);/q;;;+3/p-3. The molecule has 61 heavy (non-hydrogen) atoms. The van der Waals surface area contributed by atoms with E-state index in [1.54, 1.807) is 0 Å². The van der Waals surface area contributed by atoms with Crippen LogP contribution in [0.1, 0.15) is 311 Å². The van der Waals surface area contributed by atoms with Crippen LogP contribution in [0, 0.1) is 17.8 Å². The smallest absolute Gasteiger partial charge is 0.550 e. The summed E-state index contributed by atoms with van der Waals surface area (Å²) in [4.78, 5) is 30.7. The summed E-state index contributed by atoms with van der Waals surface area (Å²) in [5.41, 5.74) is 0. The van der Waals surface area contributed by atoms with Gasteiger partial charge in [-0.3, -0.25) is 0 Å². The normalized spacial score (nSPS) is 11.0. The van der Waals surface area contributed by atoms with Crippen LogP contribution in [0.3, 0.4) is 0 Å². The maximum Gasteiger partial charge on any atom is 3.00 e. The van der Waals surface area contributed by atoms with Crippen LogP contribution in [0.5, 0.6) is 0 Å². The number of hydrogen-bond acceptors (Lipinski definition) is 6. The minimum absolute atomic E-state index is 0. The molecule has 0 fully saturated rings. The summed E-state index contributed by atoms with van der Waals surface area (Å²) in [5.74, 6) is -0.125. The molecule has 0 aliphatic rings. The van der Waals surface area contributed by atoms with E-state index in [9.17, 15) is 29.7 Å². The Bertz CT molecular complexity index is 751. The first-order valence-electron chi connectivity index (χ1n) is 26.5. The fourth-order valence-electron chi connectivity index (χ4n) is 7.77. The van der Waals surface area contributed by atoms with Crippen molar-refractivity contribution in [1.29, 1.82) is 0 Å². The van der Waals surface area contributed by atoms with Crippen LogP contribution in [0.2, 0.25) is 0 Å². The molecule has 1 radical (unpaired) electrons. The van der Waals surface area contributed by atoms with E-state index in [1.807, 2.05) is 0 Å². The molecule has 0 aliphatic carbocycles. The quantitative estimate of drug-likeness (QED) is 0.0443. The predicted molar refractivity (Wildman–Crippen MR) is 253 cm³/mol. The van der Waals surface area contributed by atoms with Crippen LogP contribution >= 0.6 is 0 Å². The largest absolute Gasteiger partial charge is 3.00 e. The molecular weight excluding hydrogens is 792 g/mol. The van der Waals surface area contributed by atoms with Gasteiger partial charge in [0.2, 0.25) is 0 Å². The number of carboxylic acid groups (broad SMARTS) is 3. The van der Waals surface area contributed by atoms with Crippen LogP contribution in [-0.4, -0.2) is 17.9 Å². The second kappa shape index (κ2) is 57.1. The number of carboxylic acids is 3. The number of unbranched alkanes of at least 4 members (excludes halogenated alkanes) is 33. The molecule has 0 heterocycles. The molecule has 0 saturated heterocycles. The molecule has 0 atom stereocenters. The summed E-state index contributed by atoms with van der Waals surface area (Å²) in [5, 5.41) is 30.7. The molecule has 7 heteroatoms. The van der Waals surface area contributed by atoms with E-state index in [1.165, 1.54) is 212 Å². The summed E-state index contributed by atoms with van der Waals surface area (Å²) >= 11 is 0. The Kier molecular flexibility index (Phi) is 62.5. The number of hydrogen-bond donors (Lipinski definition) is 0. The molecule has 0 spiro atoms. The van der Waals surface area contributed by atoms with Gasteiger partial charge in [0.1, 0.15) is 0 Å². The monoisotopic (exact) mass is 898 g/mol. The third kappa shape index (κ3) is 76.8. The molecule has 0 unspecified atom stereocenters. The van der Waals surface area contributed by atoms with E-state index in [2.05, 4.69) is 41.5 Å². The number of carbonyl (C=O) groups is 3. The van der Waals surface area contributed by atoms with Gasteiger partial charge in [0.05, 0.1) is 0 Å². The van der Waals surface area contributed by atoms with Gasteiger partial charge in [0.15, 0.2) is 0 Å². The SMILES string of the molecule is CC(C)CCCCCCCCCCCCCCC(=O)[O-].CC(C)CCCCCCCCCCCCCCC(=O)[O-].CC(C)CCCCCCCCCCCCCCC(=O)[O-].[Ti+3]. The summed E-state index contributed by atoms with van der Waals surface area (Å²) in [6, 6.07) is 0. The molecule has 0 aromatic heterocycles. The average molecular weight is 898 g/mol. The summed E-state index contributed by atoms with van der Waals surface area (Å²) < 4.78 is 0. The Morgan fingerprint density at radius 2 is 0.361 bits per heavy atom. The Balaban J connectivity index is -0.000000396. The van der Waals surface area contributed by atoms with Crippen molar-refractivity contribution in [2.45, 2.75) is 311 Å². The zero-order chi connectivity index (χ0) is 45.2. The van der Waals surface area contributed by atoms with Crippen molar-refractivity contribution in [3.05, 3.63) is 0 Å². The van der Waals surface area contributed by atoms with Gasteiger partial charge in [0, 0.05) is 17.9 Å². The van der Waals surface area contributed by atoms with Crippen molar-refractivity contribution in [3.63, 3.8) is 0 Å². The maximum atomic E-state index is 10.2. The van der Waals surface area contributed by atoms with Crippen LogP contribution < -0.4 is 15.3 Å². The molecule has 361 valence electrons. The van der Waals surface area contributed by atoms with E-state index >= 15 is 0 Å². The number of rotatable bonds is 45. The Hall–Kier alpha value is -0.876. The first-order chi connectivity index (χ1) is 28.9. The Morgan fingerprint density at radius 1 is 0.246 bits per heavy atom. The summed E-state index contributed by atoms with van der Waals surface area (Å²) in [6.45, 7) is 13.8. The molecule has 0 saturated carbocycles. The van der Waals surface area contributed by atoms with Gasteiger partial charge in [0.25, 0.3) is 0 Å². The second-order valence-corrected chi connectivity index (χ2v) is 19.6. The summed E-state index contributed by atoms with van der Waals surface area (Å²) in [7, 11) is 0. The van der Waals surface area contributed by atoms with Crippen molar-refractivity contribution >= 4 is 17.9 Å². The van der Waals surface area contributed by atoms with Gasteiger partial charge in [-0.2, -0.15) is 0 Å². The molecule has 0 N–H and O–H groups in total. The molecule has 0 aromatic rings. The van der Waals surface area contributed by atoms with Crippen LogP contribution in [0.25, 0.3) is 0 Å². The van der Waals surface area contributed by atoms with E-state index in [-0.39, 0.29) is 41.0 Å². The van der Waals surface area contributed by atoms with Crippen molar-refractivity contribution in [2.24, 2.45) is 17.8 Å². The maximum absolute atomic E-state index is 10.2. The molecule has 6 nitrogen and oxygen atoms in total. The van der Waals surface area contributed by atoms with Gasteiger partial charge in [-0.15, -0.1) is 0 Å².